The summed E-state index contributed by atoms with van der Waals surface area (Å²) in [6.45, 7) is 1.45. The molecule has 3 rings (SSSR count). The van der Waals surface area contributed by atoms with Crippen molar-refractivity contribution >= 4 is 15.9 Å². The molecular formula is C20H23FN2O3S. The first-order chi connectivity index (χ1) is 13.0. The number of aryl methyl sites for hydroxylation is 1. The summed E-state index contributed by atoms with van der Waals surface area (Å²) in [6.07, 6.45) is 2.33. The molecule has 27 heavy (non-hydrogen) atoms. The van der Waals surface area contributed by atoms with Crippen molar-refractivity contribution in [3.63, 3.8) is 0 Å². The van der Waals surface area contributed by atoms with Gasteiger partial charge in [-0.15, -0.1) is 0 Å². The summed E-state index contributed by atoms with van der Waals surface area (Å²) < 4.78 is 40.0. The minimum atomic E-state index is -3.42. The van der Waals surface area contributed by atoms with Gasteiger partial charge in [-0.3, -0.25) is 4.79 Å². The highest BCUT2D eigenvalue weighted by atomic mass is 32.2. The number of halogens is 1. The average Bonchev–Trinajstić information content (AvgIpc) is 3.22. The van der Waals surface area contributed by atoms with E-state index in [0.29, 0.717) is 31.6 Å². The van der Waals surface area contributed by atoms with Gasteiger partial charge >= 0.3 is 0 Å². The molecule has 0 aromatic heterocycles. The second-order valence-corrected chi connectivity index (χ2v) is 8.56. The molecule has 7 heteroatoms. The molecule has 5 nitrogen and oxygen atoms in total. The number of amides is 1. The van der Waals surface area contributed by atoms with Crippen LogP contribution in [0.15, 0.2) is 53.4 Å². The average molecular weight is 390 g/mol. The standard InChI is InChI=1S/C20H23FN2O3S/c21-19-6-2-1-5-17(19)9-12-20(24)22-15-16-7-10-18(11-8-16)27(25,26)23-13-3-4-14-23/h1-2,5-8,10-11H,3-4,9,12-15H2,(H,22,24). The molecule has 0 saturated carbocycles. The lowest BCUT2D eigenvalue weighted by atomic mass is 10.1. The van der Waals surface area contributed by atoms with E-state index in [1.54, 1.807) is 42.5 Å². The number of hydrogen-bond donors (Lipinski definition) is 1. The summed E-state index contributed by atoms with van der Waals surface area (Å²) in [5, 5.41) is 2.78. The van der Waals surface area contributed by atoms with Gasteiger partial charge in [0, 0.05) is 26.1 Å². The number of carbonyl (C=O) groups excluding carboxylic acids is 1. The number of benzene rings is 2. The van der Waals surface area contributed by atoms with Crippen LogP contribution < -0.4 is 5.32 Å². The van der Waals surface area contributed by atoms with E-state index in [1.165, 1.54) is 10.4 Å². The Balaban J connectivity index is 1.51. The van der Waals surface area contributed by atoms with Crippen molar-refractivity contribution in [2.75, 3.05) is 13.1 Å². The second kappa shape index (κ2) is 8.63. The van der Waals surface area contributed by atoms with Gasteiger partial charge in [-0.1, -0.05) is 30.3 Å². The third-order valence-corrected chi connectivity index (χ3v) is 6.61. The lowest BCUT2D eigenvalue weighted by Gasteiger charge is -2.15. The zero-order valence-electron chi connectivity index (χ0n) is 15.0. The Kier molecular flexibility index (Phi) is 6.23. The lowest BCUT2D eigenvalue weighted by molar-refractivity contribution is -0.121. The minimum Gasteiger partial charge on any atom is -0.352 e. The largest absolute Gasteiger partial charge is 0.352 e. The van der Waals surface area contributed by atoms with Crippen molar-refractivity contribution in [3.8, 4) is 0 Å². The maximum Gasteiger partial charge on any atom is 0.243 e. The van der Waals surface area contributed by atoms with E-state index in [2.05, 4.69) is 5.32 Å². The third-order valence-electron chi connectivity index (χ3n) is 4.70. The first-order valence-electron chi connectivity index (χ1n) is 9.06. The molecule has 1 aliphatic rings. The van der Waals surface area contributed by atoms with Crippen LogP contribution in [0.4, 0.5) is 4.39 Å². The fourth-order valence-corrected chi connectivity index (χ4v) is 4.61. The van der Waals surface area contributed by atoms with E-state index in [4.69, 9.17) is 0 Å². The Morgan fingerprint density at radius 2 is 1.70 bits per heavy atom. The number of carbonyl (C=O) groups is 1. The lowest BCUT2D eigenvalue weighted by Crippen LogP contribution is -2.28. The molecule has 1 fully saturated rings. The van der Waals surface area contributed by atoms with E-state index in [-0.39, 0.29) is 23.0 Å². The first kappa shape index (κ1) is 19.5. The van der Waals surface area contributed by atoms with E-state index >= 15 is 0 Å². The van der Waals surface area contributed by atoms with Crippen molar-refractivity contribution in [2.24, 2.45) is 0 Å². The van der Waals surface area contributed by atoms with E-state index in [9.17, 15) is 17.6 Å². The van der Waals surface area contributed by atoms with Crippen molar-refractivity contribution in [1.29, 1.82) is 0 Å². The summed E-state index contributed by atoms with van der Waals surface area (Å²) in [7, 11) is -3.42. The van der Waals surface area contributed by atoms with E-state index < -0.39 is 10.0 Å². The Morgan fingerprint density at radius 3 is 2.37 bits per heavy atom. The third kappa shape index (κ3) is 4.93. The van der Waals surface area contributed by atoms with Gasteiger partial charge in [0.05, 0.1) is 4.90 Å². The van der Waals surface area contributed by atoms with Crippen molar-refractivity contribution in [1.82, 2.24) is 9.62 Å². The van der Waals surface area contributed by atoms with Gasteiger partial charge in [0.2, 0.25) is 15.9 Å². The van der Waals surface area contributed by atoms with E-state index in [1.807, 2.05) is 0 Å². The van der Waals surface area contributed by atoms with Crippen LogP contribution >= 0.6 is 0 Å². The molecule has 1 aliphatic heterocycles. The fraction of sp³-hybridized carbons (Fsp3) is 0.350. The maximum atomic E-state index is 13.6. The Morgan fingerprint density at radius 1 is 1.04 bits per heavy atom. The van der Waals surface area contributed by atoms with Gasteiger partial charge in [-0.05, 0) is 48.6 Å². The molecule has 0 atom stereocenters. The molecule has 0 bridgehead atoms. The molecule has 0 unspecified atom stereocenters. The SMILES string of the molecule is O=C(CCc1ccccc1F)NCc1ccc(S(=O)(=O)N2CCCC2)cc1. The van der Waals surface area contributed by atoms with Crippen LogP contribution in [0.1, 0.15) is 30.4 Å². The van der Waals surface area contributed by atoms with Crippen LogP contribution in [-0.2, 0) is 27.8 Å². The van der Waals surface area contributed by atoms with Crippen LogP contribution in [0, 0.1) is 5.82 Å². The number of sulfonamides is 1. The predicted octanol–water partition coefficient (Wildman–Crippen LogP) is 2.86. The quantitative estimate of drug-likeness (QED) is 0.791. The normalized spacial score (nSPS) is 15.0. The maximum absolute atomic E-state index is 13.6. The Hall–Kier alpha value is -2.25. The molecule has 2 aromatic carbocycles. The van der Waals surface area contributed by atoms with Crippen LogP contribution in [0.3, 0.4) is 0 Å². The van der Waals surface area contributed by atoms with Gasteiger partial charge in [0.15, 0.2) is 0 Å². The molecule has 2 aromatic rings. The van der Waals surface area contributed by atoms with Crippen molar-refractivity contribution in [2.45, 2.75) is 37.1 Å². The molecular weight excluding hydrogens is 367 g/mol. The molecule has 1 saturated heterocycles. The van der Waals surface area contributed by atoms with Gasteiger partial charge in [-0.2, -0.15) is 4.31 Å². The zero-order chi connectivity index (χ0) is 19.3. The van der Waals surface area contributed by atoms with Gasteiger partial charge in [-0.25, -0.2) is 12.8 Å². The van der Waals surface area contributed by atoms with Gasteiger partial charge in [0.25, 0.3) is 0 Å². The summed E-state index contributed by atoms with van der Waals surface area (Å²) in [4.78, 5) is 12.2. The van der Waals surface area contributed by atoms with Crippen LogP contribution in [0.2, 0.25) is 0 Å². The van der Waals surface area contributed by atoms with Crippen molar-refractivity contribution < 1.29 is 17.6 Å². The first-order valence-corrected chi connectivity index (χ1v) is 10.5. The summed E-state index contributed by atoms with van der Waals surface area (Å²) >= 11 is 0. The highest BCUT2D eigenvalue weighted by Gasteiger charge is 2.26. The van der Waals surface area contributed by atoms with Crippen molar-refractivity contribution in [3.05, 3.63) is 65.5 Å². The fourth-order valence-electron chi connectivity index (χ4n) is 3.10. The van der Waals surface area contributed by atoms with Gasteiger partial charge in [0.1, 0.15) is 5.82 Å². The Labute approximate surface area is 159 Å². The van der Waals surface area contributed by atoms with Crippen LogP contribution in [-0.4, -0.2) is 31.7 Å². The summed E-state index contributed by atoms with van der Waals surface area (Å²) in [6, 6.07) is 13.0. The Bertz CT molecular complexity index is 892. The molecule has 1 N–H and O–H groups in total. The smallest absolute Gasteiger partial charge is 0.243 e. The molecule has 0 spiro atoms. The van der Waals surface area contributed by atoms with Gasteiger partial charge < -0.3 is 5.32 Å². The number of nitrogens with one attached hydrogen (secondary N) is 1. The predicted molar refractivity (Wildman–Crippen MR) is 101 cm³/mol. The molecule has 144 valence electrons. The zero-order valence-corrected chi connectivity index (χ0v) is 15.8. The minimum absolute atomic E-state index is 0.174. The monoisotopic (exact) mass is 390 g/mol. The molecule has 0 radical (unpaired) electrons. The van der Waals surface area contributed by atoms with E-state index in [0.717, 1.165) is 18.4 Å². The molecule has 0 aliphatic carbocycles. The summed E-state index contributed by atoms with van der Waals surface area (Å²) in [5.74, 6) is -0.480. The van der Waals surface area contributed by atoms with Crippen LogP contribution in [0.5, 0.6) is 0 Å². The second-order valence-electron chi connectivity index (χ2n) is 6.62. The molecule has 1 amide bonds. The topological polar surface area (TPSA) is 66.5 Å². The number of nitrogens with zero attached hydrogens (tertiary/aromatic N) is 1. The van der Waals surface area contributed by atoms with Crippen LogP contribution in [0.25, 0.3) is 0 Å². The molecule has 1 heterocycles. The highest BCUT2D eigenvalue weighted by molar-refractivity contribution is 7.89. The number of hydrogen-bond acceptors (Lipinski definition) is 3. The highest BCUT2D eigenvalue weighted by Crippen LogP contribution is 2.21. The summed E-state index contributed by atoms with van der Waals surface area (Å²) in [5.41, 5.74) is 1.33. The number of rotatable bonds is 7.